The molecule has 0 saturated carbocycles. The van der Waals surface area contributed by atoms with E-state index < -0.39 is 28.7 Å². The van der Waals surface area contributed by atoms with Crippen LogP contribution in [0.15, 0.2) is 15.7 Å². The smallest absolute Gasteiger partial charge is 0.329 e. The molecule has 104 valence electrons. The average molecular weight is 269 g/mol. The third kappa shape index (κ3) is 3.80. The summed E-state index contributed by atoms with van der Waals surface area (Å²) in [7, 11) is 0. The lowest BCUT2D eigenvalue weighted by Crippen LogP contribution is -2.52. The Bertz CT molecular complexity index is 575. The lowest BCUT2D eigenvalue weighted by Gasteiger charge is -2.24. The molecular weight excluding hydrogens is 254 g/mol. The largest absolute Gasteiger partial charge is 0.480 e. The van der Waals surface area contributed by atoms with E-state index in [1.165, 1.54) is 6.92 Å². The Morgan fingerprint density at radius 1 is 1.37 bits per heavy atom. The first-order valence-electron chi connectivity index (χ1n) is 5.64. The minimum atomic E-state index is -1.38. The van der Waals surface area contributed by atoms with E-state index in [2.05, 4.69) is 10.3 Å². The van der Waals surface area contributed by atoms with Crippen LogP contribution >= 0.6 is 0 Å². The zero-order chi connectivity index (χ0) is 14.6. The second-order valence-corrected chi connectivity index (χ2v) is 4.33. The molecule has 1 amide bonds. The minimum Gasteiger partial charge on any atom is -0.480 e. The van der Waals surface area contributed by atoms with Gasteiger partial charge in [-0.25, -0.2) is 9.59 Å². The topological polar surface area (TPSA) is 132 Å². The third-order valence-electron chi connectivity index (χ3n) is 2.76. The summed E-state index contributed by atoms with van der Waals surface area (Å²) in [5.41, 5.74) is -2.59. The van der Waals surface area contributed by atoms with Crippen LogP contribution in [0.4, 0.5) is 0 Å². The van der Waals surface area contributed by atoms with Crippen LogP contribution in [0.2, 0.25) is 0 Å². The van der Waals surface area contributed by atoms with Crippen molar-refractivity contribution in [2.75, 3.05) is 0 Å². The van der Waals surface area contributed by atoms with E-state index in [9.17, 15) is 19.2 Å². The predicted molar refractivity (Wildman–Crippen MR) is 65.9 cm³/mol. The number of carbonyl (C=O) groups is 2. The van der Waals surface area contributed by atoms with Crippen LogP contribution in [-0.2, 0) is 16.0 Å². The molecule has 1 heterocycles. The highest BCUT2D eigenvalue weighted by molar-refractivity contribution is 5.87. The maximum absolute atomic E-state index is 11.7. The second kappa shape index (κ2) is 5.51. The molecule has 1 aromatic rings. The van der Waals surface area contributed by atoms with Gasteiger partial charge in [0.15, 0.2) is 0 Å². The fraction of sp³-hybridized carbons (Fsp3) is 0.455. The molecule has 0 saturated heterocycles. The van der Waals surface area contributed by atoms with Crippen LogP contribution in [0.3, 0.4) is 0 Å². The van der Waals surface area contributed by atoms with Crippen LogP contribution in [-0.4, -0.2) is 32.5 Å². The lowest BCUT2D eigenvalue weighted by atomic mass is 9.99. The van der Waals surface area contributed by atoms with Gasteiger partial charge in [0.25, 0.3) is 5.56 Å². The number of carboxylic acids is 1. The summed E-state index contributed by atoms with van der Waals surface area (Å²) in [6.45, 7) is 3.01. The monoisotopic (exact) mass is 269 g/mol. The molecule has 8 nitrogen and oxygen atoms in total. The van der Waals surface area contributed by atoms with Crippen LogP contribution in [0.1, 0.15) is 26.0 Å². The number of hydrogen-bond acceptors (Lipinski definition) is 4. The van der Waals surface area contributed by atoms with Crippen molar-refractivity contribution in [1.82, 2.24) is 15.3 Å². The fourth-order valence-electron chi connectivity index (χ4n) is 1.43. The van der Waals surface area contributed by atoms with Gasteiger partial charge in [0.2, 0.25) is 5.91 Å². The van der Waals surface area contributed by atoms with Crippen LogP contribution in [0.5, 0.6) is 0 Å². The van der Waals surface area contributed by atoms with E-state index in [0.717, 1.165) is 6.07 Å². The molecule has 0 aliphatic carbocycles. The van der Waals surface area contributed by atoms with Gasteiger partial charge in [-0.2, -0.15) is 0 Å². The molecule has 1 aromatic heterocycles. The number of H-pyrrole nitrogens is 2. The molecule has 19 heavy (non-hydrogen) atoms. The van der Waals surface area contributed by atoms with Gasteiger partial charge in [0.1, 0.15) is 5.54 Å². The number of nitrogens with one attached hydrogen (secondary N) is 3. The number of aliphatic carboxylic acids is 1. The van der Waals surface area contributed by atoms with E-state index in [0.29, 0.717) is 0 Å². The van der Waals surface area contributed by atoms with Crippen molar-refractivity contribution in [2.24, 2.45) is 0 Å². The number of hydrogen-bond donors (Lipinski definition) is 4. The van der Waals surface area contributed by atoms with Gasteiger partial charge in [0, 0.05) is 11.8 Å². The molecule has 0 spiro atoms. The Morgan fingerprint density at radius 3 is 2.47 bits per heavy atom. The normalized spacial score (nSPS) is 13.6. The highest BCUT2D eigenvalue weighted by atomic mass is 16.4. The number of aromatic nitrogens is 2. The molecule has 1 unspecified atom stereocenters. The summed E-state index contributed by atoms with van der Waals surface area (Å²) in [5.74, 6) is -1.74. The number of rotatable bonds is 5. The highest BCUT2D eigenvalue weighted by Gasteiger charge is 2.32. The maximum Gasteiger partial charge on any atom is 0.329 e. The predicted octanol–water partition coefficient (Wildman–Crippen LogP) is -1.02. The quantitative estimate of drug-likeness (QED) is 0.543. The van der Waals surface area contributed by atoms with E-state index in [4.69, 9.17) is 5.11 Å². The molecule has 8 heteroatoms. The summed E-state index contributed by atoms with van der Waals surface area (Å²) in [4.78, 5) is 49.0. The van der Waals surface area contributed by atoms with Gasteiger partial charge in [-0.3, -0.25) is 14.6 Å². The minimum absolute atomic E-state index is 0.120. The number of amides is 1. The first-order valence-corrected chi connectivity index (χ1v) is 5.64. The van der Waals surface area contributed by atoms with Gasteiger partial charge in [-0.05, 0) is 13.3 Å². The standard InChI is InChI=1S/C11H15N3O5/c1-3-11(2,9(17)18)14-8(16)5-6-4-7(15)13-10(19)12-6/h4H,3,5H2,1-2H3,(H,14,16)(H,17,18)(H2,12,13,15,19). The van der Waals surface area contributed by atoms with Gasteiger partial charge < -0.3 is 15.4 Å². The lowest BCUT2D eigenvalue weighted by molar-refractivity contribution is -0.146. The van der Waals surface area contributed by atoms with E-state index in [1.54, 1.807) is 6.92 Å². The molecule has 4 N–H and O–H groups in total. The van der Waals surface area contributed by atoms with Crippen LogP contribution < -0.4 is 16.6 Å². The van der Waals surface area contributed by atoms with Crippen LogP contribution in [0.25, 0.3) is 0 Å². The van der Waals surface area contributed by atoms with Crippen molar-refractivity contribution in [3.63, 3.8) is 0 Å². The summed E-state index contributed by atoms with van der Waals surface area (Å²) < 4.78 is 0. The van der Waals surface area contributed by atoms with Gasteiger partial charge in [0.05, 0.1) is 6.42 Å². The molecule has 0 bridgehead atoms. The van der Waals surface area contributed by atoms with Crippen molar-refractivity contribution in [3.05, 3.63) is 32.6 Å². The zero-order valence-corrected chi connectivity index (χ0v) is 10.6. The van der Waals surface area contributed by atoms with Crippen LogP contribution in [0, 0.1) is 0 Å². The zero-order valence-electron chi connectivity index (χ0n) is 10.6. The van der Waals surface area contributed by atoms with Crippen molar-refractivity contribution in [2.45, 2.75) is 32.2 Å². The van der Waals surface area contributed by atoms with Gasteiger partial charge in [-0.15, -0.1) is 0 Å². The number of carbonyl (C=O) groups excluding carboxylic acids is 1. The SMILES string of the molecule is CCC(C)(NC(=O)Cc1cc(=O)[nH]c(=O)[nH]1)C(=O)O. The van der Waals surface area contributed by atoms with E-state index in [1.807, 2.05) is 4.98 Å². The number of aromatic amines is 2. The molecular formula is C11H15N3O5. The molecule has 1 rings (SSSR count). The first-order chi connectivity index (χ1) is 8.76. The summed E-state index contributed by atoms with van der Waals surface area (Å²) in [6, 6.07) is 1.07. The summed E-state index contributed by atoms with van der Waals surface area (Å²) >= 11 is 0. The van der Waals surface area contributed by atoms with Gasteiger partial charge >= 0.3 is 11.7 Å². The summed E-state index contributed by atoms with van der Waals surface area (Å²) in [6.07, 6.45) is -0.0675. The van der Waals surface area contributed by atoms with Gasteiger partial charge in [-0.1, -0.05) is 6.92 Å². The molecule has 0 aliphatic rings. The van der Waals surface area contributed by atoms with E-state index >= 15 is 0 Å². The maximum atomic E-state index is 11.7. The molecule has 0 radical (unpaired) electrons. The third-order valence-corrected chi connectivity index (χ3v) is 2.76. The summed E-state index contributed by atoms with van der Waals surface area (Å²) in [5, 5.41) is 11.4. The second-order valence-electron chi connectivity index (χ2n) is 4.33. The Balaban J connectivity index is 2.83. The Morgan fingerprint density at radius 2 is 2.00 bits per heavy atom. The van der Waals surface area contributed by atoms with Crippen molar-refractivity contribution < 1.29 is 14.7 Å². The molecule has 1 atom stereocenters. The van der Waals surface area contributed by atoms with Crippen molar-refractivity contribution in [1.29, 1.82) is 0 Å². The Hall–Kier alpha value is -2.38. The molecule has 0 fully saturated rings. The Kier molecular flexibility index (Phi) is 4.26. The first kappa shape index (κ1) is 14.7. The molecule has 0 aliphatic heterocycles. The van der Waals surface area contributed by atoms with Crippen molar-refractivity contribution >= 4 is 11.9 Å². The van der Waals surface area contributed by atoms with Crippen molar-refractivity contribution in [3.8, 4) is 0 Å². The Labute approximate surface area is 107 Å². The molecule has 0 aromatic carbocycles. The average Bonchev–Trinajstić information content (AvgIpc) is 2.26. The fourth-order valence-corrected chi connectivity index (χ4v) is 1.43. The van der Waals surface area contributed by atoms with E-state index in [-0.39, 0.29) is 18.5 Å². The number of carboxylic acid groups (broad SMARTS) is 1. The highest BCUT2D eigenvalue weighted by Crippen LogP contribution is 2.09.